The van der Waals surface area contributed by atoms with Crippen molar-refractivity contribution in [1.82, 2.24) is 0 Å². The van der Waals surface area contributed by atoms with Gasteiger partial charge in [0, 0.05) is 0 Å². The molecule has 0 spiro atoms. The van der Waals surface area contributed by atoms with Crippen LogP contribution < -0.4 is 0 Å². The van der Waals surface area contributed by atoms with Crippen molar-refractivity contribution in [3.8, 4) is 0 Å². The van der Waals surface area contributed by atoms with E-state index in [1.165, 1.54) is 70.6 Å². The van der Waals surface area contributed by atoms with Crippen molar-refractivity contribution in [3.63, 3.8) is 0 Å². The molecule has 0 saturated heterocycles. The van der Waals surface area contributed by atoms with Gasteiger partial charge in [-0.2, -0.15) is 0 Å². The number of unbranched alkanes of at least 4 members (excludes halogenated alkanes) is 13. The molecule has 0 fully saturated rings. The molecule has 0 bridgehead atoms. The third kappa shape index (κ3) is 19.1. The quantitative estimate of drug-likeness (QED) is 0.126. The average Bonchev–Trinajstić information content (AvgIpc) is 2.74. The van der Waals surface area contributed by atoms with E-state index in [0.717, 1.165) is 19.3 Å². The van der Waals surface area contributed by atoms with E-state index >= 15 is 0 Å². The summed E-state index contributed by atoms with van der Waals surface area (Å²) in [6.07, 6.45) is 17.3. The summed E-state index contributed by atoms with van der Waals surface area (Å²) in [4.78, 5) is 33.2. The number of aliphatic carboxylic acids is 3. The number of carboxylic acids is 3. The van der Waals surface area contributed by atoms with Crippen LogP contribution in [0.25, 0.3) is 0 Å². The van der Waals surface area contributed by atoms with Crippen molar-refractivity contribution >= 4 is 17.9 Å². The molecule has 0 aromatic rings. The Bertz CT molecular complexity index is 463. The minimum absolute atomic E-state index is 0.0716. The molecule has 0 amide bonds. The normalized spacial score (nSPS) is 11.5. The van der Waals surface area contributed by atoms with Crippen LogP contribution in [0.4, 0.5) is 0 Å². The van der Waals surface area contributed by atoms with Crippen molar-refractivity contribution in [2.45, 2.75) is 116 Å². The fourth-order valence-corrected chi connectivity index (χ4v) is 4.31. The van der Waals surface area contributed by atoms with E-state index in [1.54, 1.807) is 0 Å². The molecule has 0 radical (unpaired) electrons. The Hall–Kier alpha value is -1.63. The van der Waals surface area contributed by atoms with Crippen LogP contribution in [0.5, 0.6) is 0 Å². The molecule has 7 nitrogen and oxygen atoms in total. The zero-order valence-corrected chi connectivity index (χ0v) is 20.4. The van der Waals surface area contributed by atoms with Gasteiger partial charge in [-0.25, -0.2) is 0 Å². The highest BCUT2D eigenvalue weighted by Crippen LogP contribution is 2.17. The van der Waals surface area contributed by atoms with Crippen LogP contribution in [-0.2, 0) is 14.4 Å². The predicted octanol–water partition coefficient (Wildman–Crippen LogP) is 5.71. The first kappa shape index (κ1) is 30.4. The molecule has 188 valence electrons. The molecule has 0 unspecified atom stereocenters. The summed E-state index contributed by atoms with van der Waals surface area (Å²) in [6.45, 7) is 3.75. The Morgan fingerprint density at radius 3 is 1.03 bits per heavy atom. The highest BCUT2D eigenvalue weighted by atomic mass is 16.4. The van der Waals surface area contributed by atoms with Crippen LogP contribution in [0.3, 0.4) is 0 Å². The van der Waals surface area contributed by atoms with Gasteiger partial charge in [-0.05, 0) is 12.8 Å². The van der Waals surface area contributed by atoms with E-state index in [2.05, 4.69) is 6.92 Å². The summed E-state index contributed by atoms with van der Waals surface area (Å²) >= 11 is 0. The van der Waals surface area contributed by atoms with E-state index in [-0.39, 0.29) is 43.4 Å². The van der Waals surface area contributed by atoms with Crippen molar-refractivity contribution in [1.29, 1.82) is 0 Å². The van der Waals surface area contributed by atoms with Crippen LogP contribution >= 0.6 is 0 Å². The van der Waals surface area contributed by atoms with E-state index in [0.29, 0.717) is 6.54 Å². The molecule has 0 aliphatic carbocycles. The Kier molecular flexibility index (Phi) is 19.0. The maximum absolute atomic E-state index is 11.1. The third-order valence-corrected chi connectivity index (χ3v) is 6.39. The first-order valence-corrected chi connectivity index (χ1v) is 12.8. The predicted molar refractivity (Wildman–Crippen MR) is 127 cm³/mol. The second-order valence-electron chi connectivity index (χ2n) is 9.26. The summed E-state index contributed by atoms with van der Waals surface area (Å²) in [5, 5.41) is 27.3. The van der Waals surface area contributed by atoms with Crippen LogP contribution in [0, 0.1) is 0 Å². The number of carboxylic acid groups (broad SMARTS) is 3. The monoisotopic (exact) mass is 458 g/mol. The number of carbonyl (C=O) groups is 3. The van der Waals surface area contributed by atoms with Crippen LogP contribution in [0.2, 0.25) is 0 Å². The van der Waals surface area contributed by atoms with Crippen molar-refractivity contribution in [2.24, 2.45) is 0 Å². The summed E-state index contributed by atoms with van der Waals surface area (Å²) in [6, 6.07) is 0. The molecule has 0 aliphatic rings. The first-order chi connectivity index (χ1) is 15.3. The third-order valence-electron chi connectivity index (χ3n) is 6.39. The Balaban J connectivity index is 4.15. The Labute approximate surface area is 194 Å². The van der Waals surface area contributed by atoms with Gasteiger partial charge in [0.15, 0.2) is 0 Å². The largest absolute Gasteiger partial charge is 0.481 e. The van der Waals surface area contributed by atoms with Crippen molar-refractivity contribution in [3.05, 3.63) is 0 Å². The SMILES string of the molecule is CCCCCCCCCCCCCCCC[N+](CCC(=O)O)(CCC(=O)O)CCC(=O)O. The van der Waals surface area contributed by atoms with Gasteiger partial charge >= 0.3 is 17.9 Å². The van der Waals surface area contributed by atoms with Gasteiger partial charge < -0.3 is 19.8 Å². The number of rotatable bonds is 24. The minimum Gasteiger partial charge on any atom is -0.481 e. The van der Waals surface area contributed by atoms with Gasteiger partial charge in [0.05, 0.1) is 45.4 Å². The lowest BCUT2D eigenvalue weighted by Crippen LogP contribution is -2.52. The van der Waals surface area contributed by atoms with Gasteiger partial charge in [0.2, 0.25) is 0 Å². The summed E-state index contributed by atoms with van der Waals surface area (Å²) in [5.41, 5.74) is 0. The molecule has 0 aromatic carbocycles. The highest BCUT2D eigenvalue weighted by molar-refractivity contribution is 5.67. The lowest BCUT2D eigenvalue weighted by Gasteiger charge is -2.38. The molecule has 32 heavy (non-hydrogen) atoms. The second-order valence-corrected chi connectivity index (χ2v) is 9.26. The molecule has 0 rings (SSSR count). The fraction of sp³-hybridized carbons (Fsp3) is 0.880. The number of nitrogens with zero attached hydrogens (tertiary/aromatic N) is 1. The summed E-state index contributed by atoms with van der Waals surface area (Å²) < 4.78 is 0.267. The second kappa shape index (κ2) is 20.0. The molecule has 0 atom stereocenters. The topological polar surface area (TPSA) is 112 Å². The lowest BCUT2D eigenvalue weighted by molar-refractivity contribution is -0.927. The van der Waals surface area contributed by atoms with E-state index in [9.17, 15) is 14.4 Å². The van der Waals surface area contributed by atoms with Gasteiger partial charge in [0.25, 0.3) is 0 Å². The van der Waals surface area contributed by atoms with E-state index in [1.807, 2.05) is 0 Å². The molecular weight excluding hydrogens is 410 g/mol. The number of hydrogen-bond acceptors (Lipinski definition) is 3. The molecule has 0 aromatic heterocycles. The molecule has 7 heteroatoms. The minimum atomic E-state index is -0.931. The molecular formula is C25H48NO6+. The van der Waals surface area contributed by atoms with E-state index < -0.39 is 17.9 Å². The number of quaternary nitrogens is 1. The number of hydrogen-bond donors (Lipinski definition) is 3. The van der Waals surface area contributed by atoms with Crippen molar-refractivity contribution in [2.75, 3.05) is 26.2 Å². The standard InChI is InChI=1S/C25H47NO6/c1-2-3-4-5-6-7-8-9-10-11-12-13-14-15-19-26(20-16-23(27)28,21-17-24(29)30)22-18-25(31)32/h2-22H2,1H3,(H2-,27,28,29,30,31,32)/p+1. The molecule has 0 aliphatic heterocycles. The van der Waals surface area contributed by atoms with E-state index in [4.69, 9.17) is 15.3 Å². The molecule has 0 heterocycles. The van der Waals surface area contributed by atoms with Gasteiger partial charge in [-0.1, -0.05) is 84.0 Å². The van der Waals surface area contributed by atoms with Crippen LogP contribution in [0.15, 0.2) is 0 Å². The maximum atomic E-state index is 11.1. The summed E-state index contributed by atoms with van der Waals surface area (Å²) in [7, 11) is 0. The molecule has 0 saturated carbocycles. The average molecular weight is 459 g/mol. The Morgan fingerprint density at radius 1 is 0.469 bits per heavy atom. The van der Waals surface area contributed by atoms with Gasteiger partial charge in [-0.15, -0.1) is 0 Å². The maximum Gasteiger partial charge on any atom is 0.309 e. The Morgan fingerprint density at radius 2 is 0.750 bits per heavy atom. The fourth-order valence-electron chi connectivity index (χ4n) is 4.31. The van der Waals surface area contributed by atoms with Gasteiger partial charge in [0.1, 0.15) is 0 Å². The first-order valence-electron chi connectivity index (χ1n) is 12.8. The zero-order valence-electron chi connectivity index (χ0n) is 20.4. The van der Waals surface area contributed by atoms with Crippen LogP contribution in [0.1, 0.15) is 116 Å². The van der Waals surface area contributed by atoms with Crippen molar-refractivity contribution < 1.29 is 34.2 Å². The smallest absolute Gasteiger partial charge is 0.309 e. The molecule has 3 N–H and O–H groups in total. The zero-order chi connectivity index (χ0) is 24.1. The highest BCUT2D eigenvalue weighted by Gasteiger charge is 2.29. The summed E-state index contributed by atoms with van der Waals surface area (Å²) in [5.74, 6) is -2.79. The van der Waals surface area contributed by atoms with Gasteiger partial charge in [-0.3, -0.25) is 14.4 Å². The van der Waals surface area contributed by atoms with Crippen LogP contribution in [-0.4, -0.2) is 63.9 Å². The lowest BCUT2D eigenvalue weighted by atomic mass is 10.0.